The molecule has 0 aliphatic rings. The number of benzene rings is 2. The molecule has 8 heteroatoms. The van der Waals surface area contributed by atoms with Crippen LogP contribution in [0.1, 0.15) is 58.6 Å². The molecule has 4 rings (SSSR count). The minimum atomic E-state index is -0.678. The molecule has 0 spiro atoms. The van der Waals surface area contributed by atoms with E-state index in [1.807, 2.05) is 90.1 Å². The third kappa shape index (κ3) is 6.06. The number of ether oxygens (including phenoxy) is 3. The Bertz CT molecular complexity index is 1580. The highest BCUT2D eigenvalue weighted by Gasteiger charge is 2.26. The van der Waals surface area contributed by atoms with Gasteiger partial charge >= 0.3 is 18.2 Å². The van der Waals surface area contributed by atoms with E-state index in [4.69, 9.17) is 14.2 Å². The Labute approximate surface area is 227 Å². The third-order valence-electron chi connectivity index (χ3n) is 5.99. The maximum absolute atomic E-state index is 13.2. The van der Waals surface area contributed by atoms with Crippen LogP contribution in [0, 0.1) is 0 Å². The largest absolute Gasteiger partial charge is 0.466 e. The summed E-state index contributed by atoms with van der Waals surface area (Å²) in [4.78, 5) is 38.2. The molecule has 2 heterocycles. The lowest BCUT2D eigenvalue weighted by Crippen LogP contribution is -2.26. The molecule has 0 aliphatic carbocycles. The molecule has 0 fully saturated rings. The SMILES string of the molecule is COC(=O)C=C[C@H](c1cccc2c1ccn2C(=O)OC(C)(C)C)c1cn(C(=O)OC(C)(C)C)c2ccccc12. The Balaban J connectivity index is 1.91. The van der Waals surface area contributed by atoms with Gasteiger partial charge in [0.25, 0.3) is 0 Å². The fourth-order valence-electron chi connectivity index (χ4n) is 4.47. The molecule has 0 saturated heterocycles. The number of methoxy groups -OCH3 is 1. The van der Waals surface area contributed by atoms with Crippen molar-refractivity contribution < 1.29 is 28.6 Å². The number of carbonyl (C=O) groups is 3. The van der Waals surface area contributed by atoms with Crippen LogP contribution in [0.25, 0.3) is 21.8 Å². The van der Waals surface area contributed by atoms with E-state index >= 15 is 0 Å². The van der Waals surface area contributed by atoms with Gasteiger partial charge in [0, 0.05) is 35.2 Å². The number of allylic oxidation sites excluding steroid dienone is 1. The lowest BCUT2D eigenvalue weighted by molar-refractivity contribution is -0.134. The standard InChI is InChI=1S/C31H34N2O6/c1-30(2,3)38-28(35)32-18-17-23-20(12-10-14-25(23)32)21(15-16-27(34)37-7)24-19-33(29(36)39-31(4,5)6)26-13-9-8-11-22(24)26/h8-19,21H,1-7H3/t21-/m1/s1. The van der Waals surface area contributed by atoms with Crippen molar-refractivity contribution in [3.8, 4) is 0 Å². The molecular weight excluding hydrogens is 496 g/mol. The second kappa shape index (κ2) is 10.4. The maximum atomic E-state index is 13.2. The Morgan fingerprint density at radius 3 is 1.95 bits per heavy atom. The molecular formula is C31H34N2O6. The Kier molecular flexibility index (Phi) is 7.41. The summed E-state index contributed by atoms with van der Waals surface area (Å²) in [6.45, 7) is 10.9. The van der Waals surface area contributed by atoms with Gasteiger partial charge in [-0.3, -0.25) is 9.13 Å². The molecule has 0 amide bonds. The fourth-order valence-corrected chi connectivity index (χ4v) is 4.47. The van der Waals surface area contributed by atoms with E-state index in [1.165, 1.54) is 22.3 Å². The average Bonchev–Trinajstić information content (AvgIpc) is 3.45. The van der Waals surface area contributed by atoms with Crippen molar-refractivity contribution in [2.75, 3.05) is 7.11 Å². The van der Waals surface area contributed by atoms with Crippen molar-refractivity contribution >= 4 is 40.0 Å². The second-order valence-corrected chi connectivity index (χ2v) is 11.3. The summed E-state index contributed by atoms with van der Waals surface area (Å²) in [6, 6.07) is 15.0. The van der Waals surface area contributed by atoms with Gasteiger partial charge in [-0.2, -0.15) is 0 Å². The summed E-state index contributed by atoms with van der Waals surface area (Å²) >= 11 is 0. The van der Waals surface area contributed by atoms with Gasteiger partial charge in [-0.15, -0.1) is 0 Å². The van der Waals surface area contributed by atoms with Crippen LogP contribution in [0.15, 0.2) is 73.1 Å². The molecule has 8 nitrogen and oxygen atoms in total. The first kappa shape index (κ1) is 27.7. The van der Waals surface area contributed by atoms with Gasteiger partial charge < -0.3 is 14.2 Å². The van der Waals surface area contributed by atoms with E-state index in [0.29, 0.717) is 11.0 Å². The van der Waals surface area contributed by atoms with Gasteiger partial charge in [0.2, 0.25) is 0 Å². The molecule has 0 radical (unpaired) electrons. The number of esters is 1. The molecule has 2 aromatic heterocycles. The van der Waals surface area contributed by atoms with Crippen molar-refractivity contribution in [1.29, 1.82) is 0 Å². The number of hydrogen-bond acceptors (Lipinski definition) is 6. The van der Waals surface area contributed by atoms with Crippen LogP contribution in [0.4, 0.5) is 9.59 Å². The molecule has 0 aliphatic heterocycles. The van der Waals surface area contributed by atoms with Crippen LogP contribution in [0.3, 0.4) is 0 Å². The number of nitrogens with zero attached hydrogens (tertiary/aromatic N) is 2. The van der Waals surface area contributed by atoms with Crippen LogP contribution in [-0.2, 0) is 19.0 Å². The first-order chi connectivity index (χ1) is 18.3. The van der Waals surface area contributed by atoms with Crippen LogP contribution >= 0.6 is 0 Å². The third-order valence-corrected chi connectivity index (χ3v) is 5.99. The zero-order valence-electron chi connectivity index (χ0n) is 23.3. The highest BCUT2D eigenvalue weighted by atomic mass is 16.6. The number of aromatic nitrogens is 2. The summed E-state index contributed by atoms with van der Waals surface area (Å²) in [5.74, 6) is -0.967. The van der Waals surface area contributed by atoms with Crippen LogP contribution in [0.2, 0.25) is 0 Å². The van der Waals surface area contributed by atoms with E-state index in [-0.39, 0.29) is 0 Å². The van der Waals surface area contributed by atoms with Gasteiger partial charge in [0.05, 0.1) is 18.1 Å². The normalized spacial score (nSPS) is 13.1. The Hall–Kier alpha value is -4.33. The fraction of sp³-hybridized carbons (Fsp3) is 0.323. The topological polar surface area (TPSA) is 88.8 Å². The molecule has 0 N–H and O–H groups in total. The highest BCUT2D eigenvalue weighted by Crippen LogP contribution is 2.37. The van der Waals surface area contributed by atoms with Gasteiger partial charge in [0.15, 0.2) is 0 Å². The number of carbonyl (C=O) groups excluding carboxylic acids is 3. The number of hydrogen-bond donors (Lipinski definition) is 0. The smallest absolute Gasteiger partial charge is 0.419 e. The summed E-state index contributed by atoms with van der Waals surface area (Å²) in [5, 5.41) is 1.63. The highest BCUT2D eigenvalue weighted by molar-refractivity contribution is 5.96. The number of fused-ring (bicyclic) bond motifs is 2. The first-order valence-electron chi connectivity index (χ1n) is 12.7. The van der Waals surface area contributed by atoms with Gasteiger partial charge in [-0.1, -0.05) is 36.4 Å². The van der Waals surface area contributed by atoms with Crippen molar-refractivity contribution in [1.82, 2.24) is 9.13 Å². The van der Waals surface area contributed by atoms with Crippen molar-refractivity contribution in [3.63, 3.8) is 0 Å². The molecule has 0 saturated carbocycles. The van der Waals surface area contributed by atoms with Crippen molar-refractivity contribution in [2.24, 2.45) is 0 Å². The maximum Gasteiger partial charge on any atom is 0.419 e. The zero-order valence-corrected chi connectivity index (χ0v) is 23.3. The van der Waals surface area contributed by atoms with Crippen molar-refractivity contribution in [3.05, 3.63) is 84.2 Å². The zero-order chi connectivity index (χ0) is 28.5. The van der Waals surface area contributed by atoms with E-state index in [9.17, 15) is 14.4 Å². The summed E-state index contributed by atoms with van der Waals surface area (Å²) in [7, 11) is 1.32. The van der Waals surface area contributed by atoms with Crippen LogP contribution in [0.5, 0.6) is 0 Å². The average molecular weight is 531 g/mol. The number of para-hydroxylation sites is 1. The van der Waals surface area contributed by atoms with E-state index in [1.54, 1.807) is 18.5 Å². The predicted octanol–water partition coefficient (Wildman–Crippen LogP) is 7.02. The van der Waals surface area contributed by atoms with E-state index in [0.717, 1.165) is 21.9 Å². The van der Waals surface area contributed by atoms with E-state index in [2.05, 4.69) is 0 Å². The molecule has 1 atom stereocenters. The minimum absolute atomic E-state index is 0.462. The van der Waals surface area contributed by atoms with Gasteiger partial charge in [-0.05, 0) is 70.9 Å². The van der Waals surface area contributed by atoms with E-state index < -0.39 is 35.3 Å². The Morgan fingerprint density at radius 2 is 1.31 bits per heavy atom. The molecule has 0 bridgehead atoms. The number of rotatable bonds is 4. The lowest BCUT2D eigenvalue weighted by atomic mass is 9.88. The van der Waals surface area contributed by atoms with Gasteiger partial charge in [0.1, 0.15) is 11.2 Å². The summed E-state index contributed by atoms with van der Waals surface area (Å²) < 4.78 is 19.1. The molecule has 0 unspecified atom stereocenters. The van der Waals surface area contributed by atoms with Crippen molar-refractivity contribution in [2.45, 2.75) is 58.7 Å². The minimum Gasteiger partial charge on any atom is -0.466 e. The monoisotopic (exact) mass is 530 g/mol. The molecule has 39 heavy (non-hydrogen) atoms. The molecule has 204 valence electrons. The van der Waals surface area contributed by atoms with Gasteiger partial charge in [-0.25, -0.2) is 14.4 Å². The molecule has 4 aromatic rings. The first-order valence-corrected chi connectivity index (χ1v) is 12.7. The quantitative estimate of drug-likeness (QED) is 0.160. The Morgan fingerprint density at radius 1 is 0.744 bits per heavy atom. The van der Waals surface area contributed by atoms with Crippen LogP contribution < -0.4 is 0 Å². The lowest BCUT2D eigenvalue weighted by Gasteiger charge is -2.20. The molecule has 2 aromatic carbocycles. The van der Waals surface area contributed by atoms with Crippen LogP contribution in [-0.4, -0.2) is 45.6 Å². The predicted molar refractivity (Wildman–Crippen MR) is 150 cm³/mol. The summed E-state index contributed by atoms with van der Waals surface area (Å²) in [5.41, 5.74) is 1.63. The second-order valence-electron chi connectivity index (χ2n) is 11.3. The summed E-state index contributed by atoms with van der Waals surface area (Å²) in [6.07, 6.45) is 5.54.